The van der Waals surface area contributed by atoms with Crippen LogP contribution in [-0.4, -0.2) is 98.9 Å². The summed E-state index contributed by atoms with van der Waals surface area (Å²) in [5, 5.41) is 50.2. The molecule has 0 bridgehead atoms. The smallest absolute Gasteiger partial charge is 0.457 e. The Morgan fingerprint density at radius 3 is 1.52 bits per heavy atom. The molecule has 12 nitrogen and oxygen atoms in total. The zero-order valence-corrected chi connectivity index (χ0v) is 37.6. The summed E-state index contributed by atoms with van der Waals surface area (Å²) in [5.74, 6) is -0.538. The van der Waals surface area contributed by atoms with Gasteiger partial charge in [-0.3, -0.25) is 13.8 Å². The molecular weight excluding hydrogens is 787 g/mol. The number of carbonyl (C=O) groups is 1. The first kappa shape index (κ1) is 55.8. The number of rotatable bonds is 37. The molecule has 0 aliphatic heterocycles. The number of hydrogen-bond acceptors (Lipinski definition) is 11. The number of esters is 1. The highest BCUT2D eigenvalue weighted by Gasteiger charge is 2.51. The molecule has 0 aromatic heterocycles. The van der Waals surface area contributed by atoms with Crippen LogP contribution >= 0.6 is 7.82 Å². The topological polar surface area (TPSA) is 192 Å². The molecule has 0 amide bonds. The predicted octanol–water partition coefficient (Wildman–Crippen LogP) is 9.19. The van der Waals surface area contributed by atoms with E-state index in [9.17, 15) is 39.8 Å². The maximum atomic E-state index is 12.8. The number of aliphatic hydroxyl groups excluding tert-OH is 5. The van der Waals surface area contributed by atoms with Crippen LogP contribution < -0.4 is 0 Å². The largest absolute Gasteiger partial charge is 0.472 e. The molecule has 6 N–H and O–H groups in total. The number of carbonyl (C=O) groups excluding carboxylic acids is 1. The molecule has 0 spiro atoms. The number of aliphatic hydroxyl groups is 5. The normalized spacial score (nSPS) is 23.0. The molecule has 1 aliphatic carbocycles. The van der Waals surface area contributed by atoms with Crippen molar-refractivity contribution in [2.75, 3.05) is 19.8 Å². The van der Waals surface area contributed by atoms with Crippen LogP contribution in [0.5, 0.6) is 0 Å². The van der Waals surface area contributed by atoms with Crippen molar-refractivity contribution in [1.82, 2.24) is 0 Å². The summed E-state index contributed by atoms with van der Waals surface area (Å²) in [6.45, 7) is 4.05. The summed E-state index contributed by atoms with van der Waals surface area (Å²) in [5.41, 5.74) is 0. The van der Waals surface area contributed by atoms with Crippen LogP contribution in [-0.2, 0) is 27.9 Å². The van der Waals surface area contributed by atoms with Gasteiger partial charge in [0.25, 0.3) is 0 Å². The van der Waals surface area contributed by atoms with E-state index in [1.807, 2.05) is 12.2 Å². The highest BCUT2D eigenvalue weighted by molar-refractivity contribution is 7.47. The van der Waals surface area contributed by atoms with Crippen LogP contribution in [0, 0.1) is 0 Å². The second kappa shape index (κ2) is 37.3. The summed E-state index contributed by atoms with van der Waals surface area (Å²) in [6.07, 6.45) is 35.5. The fourth-order valence-electron chi connectivity index (χ4n) is 6.44. The first-order chi connectivity index (χ1) is 29.0. The molecule has 0 radical (unpaired) electrons. The van der Waals surface area contributed by atoms with Crippen LogP contribution in [0.1, 0.15) is 155 Å². The Kier molecular flexibility index (Phi) is 34.7. The Morgan fingerprint density at radius 2 is 0.983 bits per heavy atom. The summed E-state index contributed by atoms with van der Waals surface area (Å²) >= 11 is 0. The van der Waals surface area contributed by atoms with Crippen molar-refractivity contribution in [2.45, 2.75) is 198 Å². The Bertz CT molecular complexity index is 1260. The SMILES string of the molecule is CC/C=C\C/C=C\C/C=C\C/C=C\C/C=C\CCCC(=O)OC(COCCCCCCCC/C=C\CCCCCCCC)COP(=O)(O)OC1C(O)C(O)C(O)C(O)C1O. The second-order valence-corrected chi connectivity index (χ2v) is 16.9. The summed E-state index contributed by atoms with van der Waals surface area (Å²) < 4.78 is 34.1. The van der Waals surface area contributed by atoms with Gasteiger partial charge in [-0.15, -0.1) is 0 Å². The quantitative estimate of drug-likeness (QED) is 0.0150. The molecule has 1 aliphatic rings. The van der Waals surface area contributed by atoms with Crippen molar-refractivity contribution >= 4 is 13.8 Å². The van der Waals surface area contributed by atoms with E-state index in [1.54, 1.807) is 0 Å². The van der Waals surface area contributed by atoms with Gasteiger partial charge >= 0.3 is 13.8 Å². The Balaban J connectivity index is 2.46. The molecule has 6 unspecified atom stereocenters. The zero-order valence-electron chi connectivity index (χ0n) is 36.7. The monoisotopic (exact) mass is 869 g/mol. The van der Waals surface area contributed by atoms with Gasteiger partial charge in [0, 0.05) is 13.0 Å². The second-order valence-electron chi connectivity index (χ2n) is 15.5. The number of unbranched alkanes of at least 4 members (excludes halogenated alkanes) is 13. The lowest BCUT2D eigenvalue weighted by molar-refractivity contribution is -0.220. The van der Waals surface area contributed by atoms with E-state index in [4.69, 9.17) is 18.5 Å². The van der Waals surface area contributed by atoms with Crippen molar-refractivity contribution in [3.8, 4) is 0 Å². The Morgan fingerprint density at radius 1 is 0.550 bits per heavy atom. The van der Waals surface area contributed by atoms with Gasteiger partial charge in [0.15, 0.2) is 0 Å². The molecule has 6 atom stereocenters. The Labute approximate surface area is 361 Å². The van der Waals surface area contributed by atoms with Crippen LogP contribution in [0.15, 0.2) is 72.9 Å². The van der Waals surface area contributed by atoms with Gasteiger partial charge in [0.2, 0.25) is 0 Å². The van der Waals surface area contributed by atoms with E-state index in [0.29, 0.717) is 19.4 Å². The Hall–Kier alpha value is -2.22. The van der Waals surface area contributed by atoms with Crippen LogP contribution in [0.4, 0.5) is 0 Å². The molecule has 0 saturated heterocycles. The summed E-state index contributed by atoms with van der Waals surface area (Å²) in [4.78, 5) is 23.1. The lowest BCUT2D eigenvalue weighted by Crippen LogP contribution is -2.64. The third kappa shape index (κ3) is 29.1. The average molecular weight is 869 g/mol. The third-order valence-corrected chi connectivity index (χ3v) is 11.0. The standard InChI is InChI=1S/C47H81O12P/c1-3-5-7-9-11-13-15-17-19-21-22-24-26-28-30-32-34-36-41(48)58-40(39-57-60(54,55)59-47-45(52)43(50)42(49)44(51)46(47)53)38-56-37-35-33-31-29-27-25-23-20-18-16-14-12-10-8-6-4-2/h5,7,11,13,17-20,22,24,28,30,40,42-47,49-53H,3-4,6,8-10,12,14-16,21,23,25-27,29,31-39H2,1-2H3,(H,54,55)/b7-5-,13-11-,19-17-,20-18-,24-22-,30-28-. The number of hydrogen-bond donors (Lipinski definition) is 6. The van der Waals surface area contributed by atoms with Gasteiger partial charge in [-0.25, -0.2) is 4.57 Å². The maximum Gasteiger partial charge on any atom is 0.472 e. The van der Waals surface area contributed by atoms with E-state index < -0.39 is 63.1 Å². The fourth-order valence-corrected chi connectivity index (χ4v) is 7.42. The molecule has 0 aromatic carbocycles. The number of ether oxygens (including phenoxy) is 2. The molecular formula is C47H81O12P. The van der Waals surface area contributed by atoms with Gasteiger partial charge in [-0.2, -0.15) is 0 Å². The van der Waals surface area contributed by atoms with Gasteiger partial charge in [-0.05, 0) is 77.0 Å². The van der Waals surface area contributed by atoms with Crippen molar-refractivity contribution in [3.05, 3.63) is 72.9 Å². The molecule has 1 fully saturated rings. The lowest BCUT2D eigenvalue weighted by atomic mass is 9.85. The van der Waals surface area contributed by atoms with Gasteiger partial charge < -0.3 is 39.9 Å². The van der Waals surface area contributed by atoms with E-state index in [2.05, 4.69) is 74.6 Å². The molecule has 0 aromatic rings. The lowest BCUT2D eigenvalue weighted by Gasteiger charge is -2.41. The molecule has 1 saturated carbocycles. The first-order valence-corrected chi connectivity index (χ1v) is 24.3. The first-order valence-electron chi connectivity index (χ1n) is 22.8. The average Bonchev–Trinajstić information content (AvgIpc) is 3.23. The number of allylic oxidation sites excluding steroid dienone is 12. The minimum absolute atomic E-state index is 0.103. The van der Waals surface area contributed by atoms with Gasteiger partial charge in [-0.1, -0.05) is 145 Å². The maximum absolute atomic E-state index is 12.8. The summed E-state index contributed by atoms with van der Waals surface area (Å²) in [7, 11) is -5.04. The summed E-state index contributed by atoms with van der Waals surface area (Å²) in [6, 6.07) is 0. The highest BCUT2D eigenvalue weighted by atomic mass is 31.2. The van der Waals surface area contributed by atoms with Crippen molar-refractivity contribution < 1.29 is 58.3 Å². The van der Waals surface area contributed by atoms with Crippen LogP contribution in [0.2, 0.25) is 0 Å². The zero-order chi connectivity index (χ0) is 44.1. The van der Waals surface area contributed by atoms with E-state index in [1.165, 1.54) is 57.8 Å². The van der Waals surface area contributed by atoms with Crippen molar-refractivity contribution in [1.29, 1.82) is 0 Å². The molecule has 60 heavy (non-hydrogen) atoms. The fraction of sp³-hybridized carbons (Fsp3) is 0.723. The van der Waals surface area contributed by atoms with Crippen molar-refractivity contribution in [2.24, 2.45) is 0 Å². The van der Waals surface area contributed by atoms with Crippen LogP contribution in [0.25, 0.3) is 0 Å². The van der Waals surface area contributed by atoms with E-state index in [0.717, 1.165) is 64.2 Å². The minimum atomic E-state index is -5.04. The molecule has 346 valence electrons. The minimum Gasteiger partial charge on any atom is -0.457 e. The number of phosphoric ester groups is 1. The van der Waals surface area contributed by atoms with E-state index in [-0.39, 0.29) is 13.0 Å². The molecule has 0 heterocycles. The van der Waals surface area contributed by atoms with E-state index >= 15 is 0 Å². The van der Waals surface area contributed by atoms with Gasteiger partial charge in [0.1, 0.15) is 42.7 Å². The van der Waals surface area contributed by atoms with Crippen LogP contribution in [0.3, 0.4) is 0 Å². The molecule has 13 heteroatoms. The molecule has 1 rings (SSSR count). The van der Waals surface area contributed by atoms with Gasteiger partial charge in [0.05, 0.1) is 13.2 Å². The predicted molar refractivity (Wildman–Crippen MR) is 239 cm³/mol. The highest BCUT2D eigenvalue weighted by Crippen LogP contribution is 2.47. The van der Waals surface area contributed by atoms with Crippen molar-refractivity contribution in [3.63, 3.8) is 0 Å². The third-order valence-electron chi connectivity index (χ3n) is 10.1. The number of phosphoric acid groups is 1.